The molecule has 0 aliphatic carbocycles. The molecular formula is C8H11N3O3. The highest BCUT2D eigenvalue weighted by atomic mass is 16.5. The Bertz CT molecular complexity index is 349. The van der Waals surface area contributed by atoms with Crippen LogP contribution in [0.2, 0.25) is 0 Å². The van der Waals surface area contributed by atoms with Gasteiger partial charge in [-0.15, -0.1) is 5.10 Å². The maximum Gasteiger partial charge on any atom is 0.332 e. The summed E-state index contributed by atoms with van der Waals surface area (Å²) in [5, 5.41) is 16.4. The van der Waals surface area contributed by atoms with Crippen molar-refractivity contribution in [2.24, 2.45) is 7.05 Å². The van der Waals surface area contributed by atoms with Gasteiger partial charge in [0, 0.05) is 7.05 Å². The normalized spacial score (nSPS) is 26.6. The molecule has 0 spiro atoms. The Balaban J connectivity index is 2.05. The molecule has 2 rings (SSSR count). The highest BCUT2D eigenvalue weighted by Crippen LogP contribution is 2.31. The summed E-state index contributed by atoms with van der Waals surface area (Å²) in [6, 6.07) is 0. The van der Waals surface area contributed by atoms with E-state index in [1.54, 1.807) is 17.9 Å². The summed E-state index contributed by atoms with van der Waals surface area (Å²) >= 11 is 0. The lowest BCUT2D eigenvalue weighted by atomic mass is 10.1. The molecule has 14 heavy (non-hydrogen) atoms. The van der Waals surface area contributed by atoms with E-state index in [1.165, 1.54) is 0 Å². The first-order valence-electron chi connectivity index (χ1n) is 4.41. The SMILES string of the molecule is Cn1cc(C2CCC(C(=O)O)O2)nn1. The molecule has 2 heterocycles. The van der Waals surface area contributed by atoms with Crippen LogP contribution in [0.25, 0.3) is 0 Å². The number of aryl methyl sites for hydroxylation is 1. The van der Waals surface area contributed by atoms with Gasteiger partial charge in [-0.25, -0.2) is 4.79 Å². The Labute approximate surface area is 80.5 Å². The van der Waals surface area contributed by atoms with Crippen LogP contribution in [-0.2, 0) is 16.6 Å². The average molecular weight is 197 g/mol. The van der Waals surface area contributed by atoms with Gasteiger partial charge in [0.05, 0.1) is 6.20 Å². The van der Waals surface area contributed by atoms with Gasteiger partial charge in [-0.3, -0.25) is 4.68 Å². The molecule has 1 aliphatic rings. The first-order valence-corrected chi connectivity index (χ1v) is 4.41. The standard InChI is InChI=1S/C8H11N3O3/c1-11-4-5(9-10-11)6-2-3-7(14-6)8(12)13/h4,6-7H,2-3H2,1H3,(H,12,13). The summed E-state index contributed by atoms with van der Waals surface area (Å²) in [6.07, 6.45) is 2.06. The molecule has 76 valence electrons. The van der Waals surface area contributed by atoms with E-state index in [4.69, 9.17) is 9.84 Å². The minimum Gasteiger partial charge on any atom is -0.479 e. The van der Waals surface area contributed by atoms with Crippen molar-refractivity contribution >= 4 is 5.97 Å². The molecule has 2 unspecified atom stereocenters. The Morgan fingerprint density at radius 1 is 1.71 bits per heavy atom. The highest BCUT2D eigenvalue weighted by molar-refractivity contribution is 5.72. The Hall–Kier alpha value is -1.43. The summed E-state index contributed by atoms with van der Waals surface area (Å²) in [7, 11) is 1.76. The summed E-state index contributed by atoms with van der Waals surface area (Å²) in [5.41, 5.74) is 0.705. The quantitative estimate of drug-likeness (QED) is 0.728. The lowest BCUT2D eigenvalue weighted by Crippen LogP contribution is -2.18. The molecule has 0 aromatic carbocycles. The number of aliphatic carboxylic acids is 1. The summed E-state index contributed by atoms with van der Waals surface area (Å²) in [6.45, 7) is 0. The predicted molar refractivity (Wildman–Crippen MR) is 45.5 cm³/mol. The molecular weight excluding hydrogens is 186 g/mol. The minimum atomic E-state index is -0.906. The van der Waals surface area contributed by atoms with E-state index >= 15 is 0 Å². The summed E-state index contributed by atoms with van der Waals surface area (Å²) in [4.78, 5) is 10.6. The molecule has 1 aliphatic heterocycles. The average Bonchev–Trinajstić information content (AvgIpc) is 2.70. The number of hydrogen-bond acceptors (Lipinski definition) is 4. The second kappa shape index (κ2) is 3.38. The maximum absolute atomic E-state index is 10.6. The van der Waals surface area contributed by atoms with Crippen LogP contribution in [0.3, 0.4) is 0 Å². The zero-order valence-electron chi connectivity index (χ0n) is 7.75. The minimum absolute atomic E-state index is 0.218. The van der Waals surface area contributed by atoms with Gasteiger partial charge in [-0.2, -0.15) is 0 Å². The van der Waals surface area contributed by atoms with Gasteiger partial charge in [0.1, 0.15) is 11.8 Å². The van der Waals surface area contributed by atoms with Crippen molar-refractivity contribution < 1.29 is 14.6 Å². The van der Waals surface area contributed by atoms with E-state index in [9.17, 15) is 4.79 Å². The summed E-state index contributed by atoms with van der Waals surface area (Å²) in [5.74, 6) is -0.906. The molecule has 0 amide bonds. The zero-order chi connectivity index (χ0) is 10.1. The van der Waals surface area contributed by atoms with E-state index < -0.39 is 12.1 Å². The van der Waals surface area contributed by atoms with Crippen LogP contribution in [0.15, 0.2) is 6.20 Å². The maximum atomic E-state index is 10.6. The van der Waals surface area contributed by atoms with Crippen LogP contribution in [-0.4, -0.2) is 32.2 Å². The molecule has 0 saturated carbocycles. The third kappa shape index (κ3) is 1.60. The highest BCUT2D eigenvalue weighted by Gasteiger charge is 2.32. The van der Waals surface area contributed by atoms with Crippen LogP contribution in [0.4, 0.5) is 0 Å². The number of carboxylic acids is 1. The molecule has 1 aromatic heterocycles. The number of hydrogen-bond donors (Lipinski definition) is 1. The van der Waals surface area contributed by atoms with Crippen molar-refractivity contribution in [1.82, 2.24) is 15.0 Å². The van der Waals surface area contributed by atoms with E-state index in [2.05, 4.69) is 10.3 Å². The van der Waals surface area contributed by atoms with Crippen LogP contribution in [0, 0.1) is 0 Å². The topological polar surface area (TPSA) is 77.2 Å². The number of carbonyl (C=O) groups is 1. The summed E-state index contributed by atoms with van der Waals surface area (Å²) < 4.78 is 6.88. The number of aromatic nitrogens is 3. The zero-order valence-corrected chi connectivity index (χ0v) is 7.75. The Kier molecular flexibility index (Phi) is 2.20. The first kappa shape index (κ1) is 9.14. The van der Waals surface area contributed by atoms with Crippen molar-refractivity contribution in [1.29, 1.82) is 0 Å². The van der Waals surface area contributed by atoms with E-state index in [1.807, 2.05) is 0 Å². The smallest absolute Gasteiger partial charge is 0.332 e. The van der Waals surface area contributed by atoms with Crippen LogP contribution < -0.4 is 0 Å². The van der Waals surface area contributed by atoms with Gasteiger partial charge in [0.15, 0.2) is 6.10 Å². The van der Waals surface area contributed by atoms with Gasteiger partial charge < -0.3 is 9.84 Å². The van der Waals surface area contributed by atoms with Gasteiger partial charge >= 0.3 is 5.97 Å². The van der Waals surface area contributed by atoms with Gasteiger partial charge in [-0.1, -0.05) is 5.21 Å². The van der Waals surface area contributed by atoms with E-state index in [-0.39, 0.29) is 6.10 Å². The van der Waals surface area contributed by atoms with Crippen LogP contribution in [0.1, 0.15) is 24.6 Å². The van der Waals surface area contributed by atoms with Crippen molar-refractivity contribution in [3.63, 3.8) is 0 Å². The van der Waals surface area contributed by atoms with Crippen molar-refractivity contribution in [2.75, 3.05) is 0 Å². The fraction of sp³-hybridized carbons (Fsp3) is 0.625. The first-order chi connectivity index (χ1) is 6.66. The molecule has 1 fully saturated rings. The molecule has 6 heteroatoms. The molecule has 0 bridgehead atoms. The van der Waals surface area contributed by atoms with E-state index in [0.29, 0.717) is 18.5 Å². The van der Waals surface area contributed by atoms with Crippen LogP contribution in [0.5, 0.6) is 0 Å². The third-order valence-corrected chi connectivity index (χ3v) is 2.25. The number of carboxylic acid groups (broad SMARTS) is 1. The Morgan fingerprint density at radius 2 is 2.50 bits per heavy atom. The van der Waals surface area contributed by atoms with Crippen molar-refractivity contribution in [2.45, 2.75) is 25.0 Å². The number of rotatable bonds is 2. The van der Waals surface area contributed by atoms with Crippen molar-refractivity contribution in [3.8, 4) is 0 Å². The third-order valence-electron chi connectivity index (χ3n) is 2.25. The van der Waals surface area contributed by atoms with Gasteiger partial charge in [-0.05, 0) is 12.8 Å². The van der Waals surface area contributed by atoms with E-state index in [0.717, 1.165) is 0 Å². The fourth-order valence-corrected chi connectivity index (χ4v) is 1.55. The molecule has 6 nitrogen and oxygen atoms in total. The van der Waals surface area contributed by atoms with Gasteiger partial charge in [0.2, 0.25) is 0 Å². The molecule has 1 saturated heterocycles. The fourth-order valence-electron chi connectivity index (χ4n) is 1.55. The molecule has 1 N–H and O–H groups in total. The second-order valence-corrected chi connectivity index (χ2v) is 3.35. The molecule has 1 aromatic rings. The molecule has 0 radical (unpaired) electrons. The monoisotopic (exact) mass is 197 g/mol. The number of nitrogens with zero attached hydrogens (tertiary/aromatic N) is 3. The van der Waals surface area contributed by atoms with Crippen molar-refractivity contribution in [3.05, 3.63) is 11.9 Å². The second-order valence-electron chi connectivity index (χ2n) is 3.35. The van der Waals surface area contributed by atoms with Gasteiger partial charge in [0.25, 0.3) is 0 Å². The Morgan fingerprint density at radius 3 is 3.00 bits per heavy atom. The lowest BCUT2D eigenvalue weighted by Gasteiger charge is -2.06. The lowest BCUT2D eigenvalue weighted by molar-refractivity contribution is -0.149. The van der Waals surface area contributed by atoms with Crippen LogP contribution >= 0.6 is 0 Å². The number of ether oxygens (including phenoxy) is 1. The largest absolute Gasteiger partial charge is 0.479 e. The molecule has 2 atom stereocenters. The predicted octanol–water partition coefficient (Wildman–Crippen LogP) is 0.120.